The van der Waals surface area contributed by atoms with E-state index < -0.39 is 15.5 Å². The lowest BCUT2D eigenvalue weighted by atomic mass is 9.80. The highest BCUT2D eigenvalue weighted by Crippen LogP contribution is 2.48. The van der Waals surface area contributed by atoms with Crippen LogP contribution in [-0.4, -0.2) is 47.9 Å². The van der Waals surface area contributed by atoms with Crippen molar-refractivity contribution >= 4 is 33.0 Å². The summed E-state index contributed by atoms with van der Waals surface area (Å²) in [6.07, 6.45) is 13.8. The number of hydrogen-bond acceptors (Lipinski definition) is 4. The Morgan fingerprint density at radius 3 is 2.31 bits per heavy atom. The second-order valence-corrected chi connectivity index (χ2v) is 16.0. The topological polar surface area (TPSA) is 77.7 Å². The molecule has 2 heterocycles. The van der Waals surface area contributed by atoms with Crippen LogP contribution < -0.4 is 4.90 Å². The van der Waals surface area contributed by atoms with Crippen molar-refractivity contribution in [1.29, 1.82) is 0 Å². The molecule has 0 bridgehead atoms. The van der Waals surface area contributed by atoms with Gasteiger partial charge in [-0.05, 0) is 56.5 Å². The van der Waals surface area contributed by atoms with Crippen LogP contribution in [0.25, 0.3) is 0 Å². The molecular weight excluding hydrogens is 580 g/mol. The molecule has 0 aliphatic carbocycles. The van der Waals surface area contributed by atoms with Gasteiger partial charge in [-0.3, -0.25) is 9.35 Å². The summed E-state index contributed by atoms with van der Waals surface area (Å²) in [5.74, 6) is -0.0661. The van der Waals surface area contributed by atoms with E-state index in [4.69, 9.17) is 4.55 Å². The summed E-state index contributed by atoms with van der Waals surface area (Å²) in [6.45, 7) is 18.6. The normalized spacial score (nSPS) is 18.4. The fourth-order valence-electron chi connectivity index (χ4n) is 6.60. The molecule has 2 aromatic carbocycles. The first-order valence-corrected chi connectivity index (χ1v) is 17.8. The van der Waals surface area contributed by atoms with Crippen molar-refractivity contribution in [1.82, 2.24) is 0 Å². The number of allylic oxidation sites excluding steroid dienone is 6. The van der Waals surface area contributed by atoms with Gasteiger partial charge in [-0.15, -0.1) is 0 Å². The summed E-state index contributed by atoms with van der Waals surface area (Å²) in [7, 11) is -3.96. The van der Waals surface area contributed by atoms with Gasteiger partial charge in [0, 0.05) is 58.4 Å². The van der Waals surface area contributed by atoms with Crippen molar-refractivity contribution in [2.75, 3.05) is 23.7 Å². The molecular formula is C38H51N2O4S+. The van der Waals surface area contributed by atoms with Crippen molar-refractivity contribution in [3.63, 3.8) is 0 Å². The Balaban J connectivity index is 1.63. The number of anilines is 1. The molecule has 0 atom stereocenters. The first-order chi connectivity index (χ1) is 21.0. The third-order valence-electron chi connectivity index (χ3n) is 9.13. The van der Waals surface area contributed by atoms with Crippen molar-refractivity contribution < 1.29 is 22.3 Å². The van der Waals surface area contributed by atoms with Crippen LogP contribution in [0, 0.1) is 5.41 Å². The zero-order valence-corrected chi connectivity index (χ0v) is 29.2. The summed E-state index contributed by atoms with van der Waals surface area (Å²) in [5.41, 5.74) is 6.99. The minimum atomic E-state index is -3.96. The van der Waals surface area contributed by atoms with E-state index in [1.807, 2.05) is 32.9 Å². The summed E-state index contributed by atoms with van der Waals surface area (Å²) < 4.78 is 33.9. The molecule has 0 saturated heterocycles. The van der Waals surface area contributed by atoms with Crippen molar-refractivity contribution in [2.45, 2.75) is 91.9 Å². The van der Waals surface area contributed by atoms with Gasteiger partial charge < -0.3 is 4.90 Å². The second kappa shape index (κ2) is 13.2. The predicted molar refractivity (Wildman–Crippen MR) is 187 cm³/mol. The molecule has 0 spiro atoms. The Hall–Kier alpha value is -3.29. The molecule has 2 aliphatic rings. The Kier molecular flexibility index (Phi) is 10.2. The molecule has 7 heteroatoms. The van der Waals surface area contributed by atoms with Crippen molar-refractivity contribution in [2.24, 2.45) is 5.41 Å². The average Bonchev–Trinajstić information content (AvgIpc) is 3.30. The smallest absolute Gasteiger partial charge is 0.264 e. The molecule has 0 unspecified atom stereocenters. The van der Waals surface area contributed by atoms with Crippen LogP contribution in [-0.2, 0) is 20.9 Å². The van der Waals surface area contributed by atoms with Gasteiger partial charge in [0.1, 0.15) is 6.54 Å². The van der Waals surface area contributed by atoms with Gasteiger partial charge in [0.15, 0.2) is 11.5 Å². The molecule has 0 saturated carbocycles. The maximum Gasteiger partial charge on any atom is 0.264 e. The Morgan fingerprint density at radius 2 is 1.64 bits per heavy atom. The Morgan fingerprint density at radius 1 is 0.933 bits per heavy atom. The van der Waals surface area contributed by atoms with E-state index in [1.54, 1.807) is 0 Å². The van der Waals surface area contributed by atoms with Crippen LogP contribution in [0.15, 0.2) is 78.5 Å². The standard InChI is InChI=1S/C38H50N2O4S/c1-9-10-24-39-32-23-22-28(35(41)36(2,3)4)27-30(32)38(7,8)34(39)21-13-11-12-20-33-37(5,6)29-18-14-15-19-31(29)40(33)25-16-17-26-45(42,43)44/h11-15,18-23,27H,9-10,16-17,24-26H2,1-8H3/p+1. The van der Waals surface area contributed by atoms with E-state index in [0.717, 1.165) is 36.3 Å². The van der Waals surface area contributed by atoms with E-state index >= 15 is 0 Å². The molecule has 1 N–H and O–H groups in total. The lowest BCUT2D eigenvalue weighted by molar-refractivity contribution is -0.438. The third-order valence-corrected chi connectivity index (χ3v) is 9.94. The van der Waals surface area contributed by atoms with Crippen LogP contribution in [0.3, 0.4) is 0 Å². The van der Waals surface area contributed by atoms with Gasteiger partial charge in [-0.1, -0.05) is 84.4 Å². The number of benzene rings is 2. The van der Waals surface area contributed by atoms with E-state index in [-0.39, 0.29) is 22.4 Å². The minimum absolute atomic E-state index is 0.158. The number of rotatable bonds is 12. The number of Topliss-reactive ketones (excluding diaryl/α,β-unsaturated/α-hetero) is 1. The fraction of sp³-hybridized carbons (Fsp3) is 0.474. The van der Waals surface area contributed by atoms with Gasteiger partial charge in [0.05, 0.1) is 11.2 Å². The summed E-state index contributed by atoms with van der Waals surface area (Å²) >= 11 is 0. The van der Waals surface area contributed by atoms with Crippen LogP contribution in [0.1, 0.15) is 103 Å². The van der Waals surface area contributed by atoms with Crippen LogP contribution in [0.5, 0.6) is 0 Å². The van der Waals surface area contributed by atoms with E-state index in [9.17, 15) is 13.2 Å². The molecule has 45 heavy (non-hydrogen) atoms. The van der Waals surface area contributed by atoms with Gasteiger partial charge in [-0.25, -0.2) is 0 Å². The highest BCUT2D eigenvalue weighted by Gasteiger charge is 2.44. The van der Waals surface area contributed by atoms with E-state index in [2.05, 4.69) is 105 Å². The number of unbranched alkanes of at least 4 members (excludes halogenated alkanes) is 2. The summed E-state index contributed by atoms with van der Waals surface area (Å²) in [6, 6.07) is 14.6. The second-order valence-electron chi connectivity index (χ2n) is 14.4. The summed E-state index contributed by atoms with van der Waals surface area (Å²) in [4.78, 5) is 15.5. The molecule has 0 fully saturated rings. The maximum atomic E-state index is 13.1. The Bertz CT molecular complexity index is 1670. The minimum Gasteiger partial charge on any atom is -0.344 e. The molecule has 2 aromatic rings. The summed E-state index contributed by atoms with van der Waals surface area (Å²) in [5, 5.41) is 0. The van der Waals surface area contributed by atoms with Gasteiger partial charge in [0.25, 0.3) is 10.1 Å². The SMILES string of the molecule is CCCCN1\C(=C/C=C/C=C/C2=[N+](CCCCS(=O)(=O)O)c3ccccc3C2(C)C)C(C)(C)c2cc(C(=O)C(C)(C)C)ccc21. The molecule has 0 aromatic heterocycles. The largest absolute Gasteiger partial charge is 0.344 e. The Labute approximate surface area is 271 Å². The quantitative estimate of drug-likeness (QED) is 0.0835. The first kappa shape index (κ1) is 34.6. The monoisotopic (exact) mass is 631 g/mol. The number of hydrogen-bond donors (Lipinski definition) is 1. The fourth-order valence-corrected chi connectivity index (χ4v) is 7.17. The molecule has 0 radical (unpaired) electrons. The van der Waals surface area contributed by atoms with Gasteiger partial charge in [0.2, 0.25) is 5.69 Å². The van der Waals surface area contributed by atoms with Crippen LogP contribution in [0.4, 0.5) is 11.4 Å². The lowest BCUT2D eigenvalue weighted by Crippen LogP contribution is -2.28. The van der Waals surface area contributed by atoms with Crippen LogP contribution >= 0.6 is 0 Å². The first-order valence-electron chi connectivity index (χ1n) is 16.2. The third kappa shape index (κ3) is 7.41. The predicted octanol–water partition coefficient (Wildman–Crippen LogP) is 8.55. The zero-order chi connectivity index (χ0) is 33.2. The number of ketones is 1. The molecule has 0 amide bonds. The molecule has 6 nitrogen and oxygen atoms in total. The van der Waals surface area contributed by atoms with Crippen molar-refractivity contribution in [3.8, 4) is 0 Å². The van der Waals surface area contributed by atoms with Gasteiger partial charge in [-0.2, -0.15) is 13.0 Å². The molecule has 4 rings (SSSR count). The lowest BCUT2D eigenvalue weighted by Gasteiger charge is -2.27. The average molecular weight is 632 g/mol. The number of fused-ring (bicyclic) bond motifs is 2. The maximum absolute atomic E-state index is 13.1. The van der Waals surface area contributed by atoms with E-state index in [1.165, 1.54) is 22.5 Å². The van der Waals surface area contributed by atoms with Crippen LogP contribution in [0.2, 0.25) is 0 Å². The van der Waals surface area contributed by atoms with Crippen molar-refractivity contribution in [3.05, 3.63) is 95.2 Å². The number of carbonyl (C=O) groups excluding carboxylic acids is 1. The zero-order valence-electron chi connectivity index (χ0n) is 28.4. The molecule has 242 valence electrons. The van der Waals surface area contributed by atoms with E-state index in [0.29, 0.717) is 19.4 Å². The number of nitrogens with zero attached hydrogens (tertiary/aromatic N) is 2. The highest BCUT2D eigenvalue weighted by atomic mass is 32.2. The number of para-hydroxylation sites is 1. The molecule has 2 aliphatic heterocycles. The number of carbonyl (C=O) groups is 1. The van der Waals surface area contributed by atoms with Gasteiger partial charge >= 0.3 is 0 Å². The highest BCUT2D eigenvalue weighted by molar-refractivity contribution is 7.85.